The SMILES string of the molecule is CCN1CCc2c(cc(-c3nnc(N)s3)c(=O)n2CC)C1. The smallest absolute Gasteiger partial charge is 0.261 e. The van der Waals surface area contributed by atoms with Crippen LogP contribution in [0.25, 0.3) is 10.6 Å². The Morgan fingerprint density at radius 1 is 1.33 bits per heavy atom. The van der Waals surface area contributed by atoms with Crippen molar-refractivity contribution >= 4 is 16.5 Å². The average Bonchev–Trinajstić information content (AvgIpc) is 2.92. The molecule has 0 amide bonds. The lowest BCUT2D eigenvalue weighted by molar-refractivity contribution is 0.262. The predicted octanol–water partition coefficient (Wildman–Crippen LogP) is 1.35. The molecule has 7 heteroatoms. The van der Waals surface area contributed by atoms with Crippen LogP contribution in [-0.4, -0.2) is 32.8 Å². The van der Waals surface area contributed by atoms with Crippen LogP contribution in [-0.2, 0) is 19.5 Å². The molecule has 2 aromatic heterocycles. The van der Waals surface area contributed by atoms with E-state index < -0.39 is 0 Å². The molecule has 2 N–H and O–H groups in total. The van der Waals surface area contributed by atoms with Crippen molar-refractivity contribution in [2.24, 2.45) is 0 Å². The van der Waals surface area contributed by atoms with Gasteiger partial charge in [0.05, 0.1) is 5.56 Å². The Bertz CT molecular complexity index is 721. The third kappa shape index (κ3) is 2.47. The van der Waals surface area contributed by atoms with Crippen LogP contribution in [0.15, 0.2) is 10.9 Å². The van der Waals surface area contributed by atoms with Crippen molar-refractivity contribution in [3.05, 3.63) is 27.7 Å². The van der Waals surface area contributed by atoms with E-state index in [-0.39, 0.29) is 5.56 Å². The van der Waals surface area contributed by atoms with Gasteiger partial charge < -0.3 is 10.3 Å². The maximum absolute atomic E-state index is 12.7. The first-order chi connectivity index (χ1) is 10.1. The fourth-order valence-corrected chi connectivity index (χ4v) is 3.50. The molecule has 112 valence electrons. The summed E-state index contributed by atoms with van der Waals surface area (Å²) in [5.41, 5.74) is 8.65. The molecule has 0 unspecified atom stereocenters. The minimum atomic E-state index is 0.0114. The van der Waals surface area contributed by atoms with Crippen LogP contribution in [0, 0.1) is 0 Å². The van der Waals surface area contributed by atoms with E-state index in [1.54, 1.807) is 0 Å². The Kier molecular flexibility index (Phi) is 3.77. The van der Waals surface area contributed by atoms with Crippen molar-refractivity contribution in [1.29, 1.82) is 0 Å². The molecule has 0 radical (unpaired) electrons. The molecule has 1 aliphatic rings. The third-order valence-electron chi connectivity index (χ3n) is 3.98. The zero-order valence-corrected chi connectivity index (χ0v) is 13.1. The molecule has 6 nitrogen and oxygen atoms in total. The fourth-order valence-electron chi connectivity index (χ4n) is 2.88. The first kappa shape index (κ1) is 14.2. The Morgan fingerprint density at radius 3 is 2.76 bits per heavy atom. The summed E-state index contributed by atoms with van der Waals surface area (Å²) in [5, 5.41) is 8.84. The molecule has 2 aromatic rings. The Morgan fingerprint density at radius 2 is 2.14 bits per heavy atom. The standard InChI is InChI=1S/C14H19N5OS/c1-3-18-6-5-11-9(8-18)7-10(13(20)19(11)4-2)12-16-17-14(15)21-12/h7H,3-6,8H2,1-2H3,(H2,15,17). The topological polar surface area (TPSA) is 77.0 Å². The predicted molar refractivity (Wildman–Crippen MR) is 84.3 cm³/mol. The molecular formula is C14H19N5OS. The molecule has 0 bridgehead atoms. The average molecular weight is 305 g/mol. The first-order valence-electron chi connectivity index (χ1n) is 7.21. The van der Waals surface area contributed by atoms with Gasteiger partial charge in [0, 0.05) is 31.7 Å². The second-order valence-electron chi connectivity index (χ2n) is 5.14. The zero-order chi connectivity index (χ0) is 15.0. The van der Waals surface area contributed by atoms with Crippen molar-refractivity contribution in [2.45, 2.75) is 33.4 Å². The van der Waals surface area contributed by atoms with Gasteiger partial charge in [0.2, 0.25) is 5.13 Å². The van der Waals surface area contributed by atoms with E-state index in [2.05, 4.69) is 22.0 Å². The van der Waals surface area contributed by atoms with Crippen LogP contribution in [0.3, 0.4) is 0 Å². The van der Waals surface area contributed by atoms with Gasteiger partial charge in [-0.25, -0.2) is 0 Å². The van der Waals surface area contributed by atoms with Crippen LogP contribution < -0.4 is 11.3 Å². The number of fused-ring (bicyclic) bond motifs is 1. The number of nitrogen functional groups attached to an aromatic ring is 1. The summed E-state index contributed by atoms with van der Waals surface area (Å²) < 4.78 is 1.87. The van der Waals surface area contributed by atoms with Crippen LogP contribution in [0.4, 0.5) is 5.13 Å². The monoisotopic (exact) mass is 305 g/mol. The minimum Gasteiger partial charge on any atom is -0.374 e. The summed E-state index contributed by atoms with van der Waals surface area (Å²) in [6, 6.07) is 1.98. The van der Waals surface area contributed by atoms with E-state index in [1.165, 1.54) is 16.9 Å². The second-order valence-corrected chi connectivity index (χ2v) is 6.15. The Balaban J connectivity index is 2.16. The van der Waals surface area contributed by atoms with E-state index in [0.717, 1.165) is 31.7 Å². The molecule has 1 aliphatic heterocycles. The minimum absolute atomic E-state index is 0.0114. The lowest BCUT2D eigenvalue weighted by Gasteiger charge is -2.29. The fraction of sp³-hybridized carbons (Fsp3) is 0.500. The Hall–Kier alpha value is -1.73. The number of hydrogen-bond donors (Lipinski definition) is 1. The van der Waals surface area contributed by atoms with Crippen molar-refractivity contribution in [1.82, 2.24) is 19.7 Å². The summed E-state index contributed by atoms with van der Waals surface area (Å²) >= 11 is 1.26. The molecule has 3 rings (SSSR count). The molecule has 21 heavy (non-hydrogen) atoms. The number of hydrogen-bond acceptors (Lipinski definition) is 6. The molecular weight excluding hydrogens is 286 g/mol. The lowest BCUT2D eigenvalue weighted by atomic mass is 10.0. The summed E-state index contributed by atoms with van der Waals surface area (Å²) in [7, 11) is 0. The van der Waals surface area contributed by atoms with E-state index >= 15 is 0 Å². The zero-order valence-electron chi connectivity index (χ0n) is 12.3. The summed E-state index contributed by atoms with van der Waals surface area (Å²) in [5.74, 6) is 0. The molecule has 3 heterocycles. The first-order valence-corrected chi connectivity index (χ1v) is 8.03. The van der Waals surface area contributed by atoms with Gasteiger partial charge in [-0.05, 0) is 25.1 Å². The molecule has 0 aliphatic carbocycles. The van der Waals surface area contributed by atoms with Crippen molar-refractivity contribution in [2.75, 3.05) is 18.8 Å². The quantitative estimate of drug-likeness (QED) is 0.926. The number of nitrogens with two attached hydrogens (primary N) is 1. The van der Waals surface area contributed by atoms with E-state index in [1.807, 2.05) is 17.6 Å². The normalized spacial score (nSPS) is 15.1. The highest BCUT2D eigenvalue weighted by atomic mass is 32.1. The van der Waals surface area contributed by atoms with Gasteiger partial charge in [0.15, 0.2) is 5.01 Å². The van der Waals surface area contributed by atoms with Crippen LogP contribution in [0.5, 0.6) is 0 Å². The molecule has 0 saturated carbocycles. The van der Waals surface area contributed by atoms with Crippen molar-refractivity contribution in [3.63, 3.8) is 0 Å². The third-order valence-corrected chi connectivity index (χ3v) is 4.77. The van der Waals surface area contributed by atoms with Gasteiger partial charge in [-0.2, -0.15) is 0 Å². The maximum atomic E-state index is 12.7. The van der Waals surface area contributed by atoms with Gasteiger partial charge >= 0.3 is 0 Å². The largest absolute Gasteiger partial charge is 0.374 e. The molecule has 0 aromatic carbocycles. The molecule has 0 fully saturated rings. The number of aromatic nitrogens is 3. The van der Waals surface area contributed by atoms with Crippen LogP contribution >= 0.6 is 11.3 Å². The van der Waals surface area contributed by atoms with Crippen molar-refractivity contribution in [3.8, 4) is 10.6 Å². The summed E-state index contributed by atoms with van der Waals surface area (Å²) in [4.78, 5) is 15.1. The highest BCUT2D eigenvalue weighted by Crippen LogP contribution is 2.26. The Labute approximate surface area is 127 Å². The van der Waals surface area contributed by atoms with Crippen molar-refractivity contribution < 1.29 is 0 Å². The van der Waals surface area contributed by atoms with E-state index in [0.29, 0.717) is 22.2 Å². The van der Waals surface area contributed by atoms with Crippen LogP contribution in [0.2, 0.25) is 0 Å². The molecule has 0 saturated heterocycles. The molecule has 0 spiro atoms. The second kappa shape index (κ2) is 5.57. The van der Waals surface area contributed by atoms with Gasteiger partial charge in [-0.15, -0.1) is 10.2 Å². The van der Waals surface area contributed by atoms with Gasteiger partial charge in [-0.1, -0.05) is 18.3 Å². The summed E-state index contributed by atoms with van der Waals surface area (Å²) in [6.45, 7) is 7.75. The van der Waals surface area contributed by atoms with E-state index in [4.69, 9.17) is 5.73 Å². The highest BCUT2D eigenvalue weighted by Gasteiger charge is 2.22. The number of anilines is 1. The highest BCUT2D eigenvalue weighted by molar-refractivity contribution is 7.18. The van der Waals surface area contributed by atoms with Gasteiger partial charge in [-0.3, -0.25) is 9.69 Å². The molecule has 0 atom stereocenters. The number of rotatable bonds is 3. The lowest BCUT2D eigenvalue weighted by Crippen LogP contribution is -2.36. The van der Waals surface area contributed by atoms with Gasteiger partial charge in [0.1, 0.15) is 0 Å². The maximum Gasteiger partial charge on any atom is 0.261 e. The van der Waals surface area contributed by atoms with E-state index in [9.17, 15) is 4.79 Å². The number of nitrogens with zero attached hydrogens (tertiary/aromatic N) is 4. The van der Waals surface area contributed by atoms with Gasteiger partial charge in [0.25, 0.3) is 5.56 Å². The van der Waals surface area contributed by atoms with Crippen LogP contribution in [0.1, 0.15) is 25.1 Å². The number of pyridine rings is 1. The summed E-state index contributed by atoms with van der Waals surface area (Å²) in [6.07, 6.45) is 0.921. The number of likely N-dealkylation sites (N-methyl/N-ethyl adjacent to an activating group) is 1.